The molecule has 0 aliphatic heterocycles. The molecule has 0 fully saturated rings. The Kier molecular flexibility index (Phi) is 19.2. The van der Waals surface area contributed by atoms with Gasteiger partial charge in [0.1, 0.15) is 5.75 Å². The summed E-state index contributed by atoms with van der Waals surface area (Å²) < 4.78 is 28.9. The van der Waals surface area contributed by atoms with Gasteiger partial charge in [-0.15, -0.1) is 0 Å². The fraction of sp³-hybridized carbons (Fsp3) is 0.739. The summed E-state index contributed by atoms with van der Waals surface area (Å²) in [5.41, 5.74) is 0.776. The first-order valence-electron chi connectivity index (χ1n) is 11.0. The van der Waals surface area contributed by atoms with Gasteiger partial charge in [-0.2, -0.15) is 8.42 Å². The van der Waals surface area contributed by atoms with Crippen LogP contribution in [0.4, 0.5) is 0 Å². The molecule has 0 radical (unpaired) electrons. The first kappa shape index (κ1) is 28.1. The van der Waals surface area contributed by atoms with E-state index in [4.69, 9.17) is 4.18 Å². The Hall–Kier alpha value is 0.130. The topological polar surface area (TPSA) is 43.4 Å². The molecule has 0 bridgehead atoms. The minimum absolute atomic E-state index is 0. The molecule has 28 heavy (non-hydrogen) atoms. The monoisotopic (exact) mass is 420 g/mol. The van der Waals surface area contributed by atoms with E-state index in [9.17, 15) is 8.42 Å². The van der Waals surface area contributed by atoms with Crippen LogP contribution in [0.3, 0.4) is 0 Å². The van der Waals surface area contributed by atoms with Crippen molar-refractivity contribution in [2.75, 3.05) is 6.61 Å². The molecule has 0 saturated carbocycles. The summed E-state index contributed by atoms with van der Waals surface area (Å²) >= 11 is 0. The third-order valence-electron chi connectivity index (χ3n) is 4.95. The molecule has 3 nitrogen and oxygen atoms in total. The maximum absolute atomic E-state index is 11.9. The molecular weight excluding hydrogens is 379 g/mol. The zero-order valence-electron chi connectivity index (χ0n) is 17.3. The van der Waals surface area contributed by atoms with Crippen molar-refractivity contribution < 1.29 is 12.6 Å². The molecule has 1 aromatic carbocycles. The molecule has 1 aromatic rings. The number of hydrogen-bond donors (Lipinski definition) is 0. The summed E-state index contributed by atoms with van der Waals surface area (Å²) in [6, 6.07) is 9.20. The van der Waals surface area contributed by atoms with Crippen molar-refractivity contribution >= 4 is 39.7 Å². The summed E-state index contributed by atoms with van der Waals surface area (Å²) in [4.78, 5) is 0. The fourth-order valence-corrected chi connectivity index (χ4v) is 4.36. The SMILES string of the molecule is CCCCCCCCCCCCCCCCOS(=O)(=O)Cc1ccccc1.[NaH]. The second-order valence-corrected chi connectivity index (χ2v) is 9.25. The van der Waals surface area contributed by atoms with Gasteiger partial charge in [-0.1, -0.05) is 121 Å². The van der Waals surface area contributed by atoms with Crippen LogP contribution in [-0.4, -0.2) is 44.6 Å². The molecule has 0 heterocycles. The van der Waals surface area contributed by atoms with E-state index in [2.05, 4.69) is 6.92 Å². The molecule has 0 unspecified atom stereocenters. The molecule has 5 heteroatoms. The van der Waals surface area contributed by atoms with Gasteiger partial charge in [-0.25, -0.2) is 0 Å². The van der Waals surface area contributed by atoms with Crippen molar-refractivity contribution in [3.63, 3.8) is 0 Å². The molecule has 158 valence electrons. The van der Waals surface area contributed by atoms with E-state index in [1.807, 2.05) is 30.3 Å². The van der Waals surface area contributed by atoms with E-state index in [0.717, 1.165) is 18.4 Å². The van der Waals surface area contributed by atoms with Gasteiger partial charge in [0.05, 0.1) is 6.61 Å². The van der Waals surface area contributed by atoms with Gasteiger partial charge in [0, 0.05) is 0 Å². The molecule has 0 atom stereocenters. The zero-order chi connectivity index (χ0) is 19.6. The predicted molar refractivity (Wildman–Crippen MR) is 122 cm³/mol. The van der Waals surface area contributed by atoms with Gasteiger partial charge in [0.25, 0.3) is 10.1 Å². The van der Waals surface area contributed by atoms with E-state index in [1.165, 1.54) is 77.0 Å². The molecule has 0 aromatic heterocycles. The van der Waals surface area contributed by atoms with E-state index in [-0.39, 0.29) is 35.3 Å². The predicted octanol–water partition coefficient (Wildman–Crippen LogP) is 6.37. The first-order valence-corrected chi connectivity index (χ1v) is 12.6. The Morgan fingerprint density at radius 1 is 0.679 bits per heavy atom. The van der Waals surface area contributed by atoms with Gasteiger partial charge in [-0.3, -0.25) is 4.18 Å². The second-order valence-electron chi connectivity index (χ2n) is 7.61. The Morgan fingerprint density at radius 3 is 1.57 bits per heavy atom. The van der Waals surface area contributed by atoms with E-state index >= 15 is 0 Å². The number of hydrogen-bond acceptors (Lipinski definition) is 3. The van der Waals surface area contributed by atoms with E-state index in [1.54, 1.807) is 0 Å². The quantitative estimate of drug-likeness (QED) is 0.157. The second kappa shape index (κ2) is 19.1. The molecule has 0 amide bonds. The van der Waals surface area contributed by atoms with Crippen LogP contribution < -0.4 is 0 Å². The summed E-state index contributed by atoms with van der Waals surface area (Å²) in [7, 11) is -3.45. The Bertz CT molecular complexity index is 546. The normalized spacial score (nSPS) is 11.3. The van der Waals surface area contributed by atoms with Crippen molar-refractivity contribution in [1.29, 1.82) is 0 Å². The van der Waals surface area contributed by atoms with Crippen molar-refractivity contribution in [2.24, 2.45) is 0 Å². The van der Waals surface area contributed by atoms with Gasteiger partial charge < -0.3 is 0 Å². The Labute approximate surface area is 196 Å². The molecule has 0 aliphatic carbocycles. The van der Waals surface area contributed by atoms with Crippen molar-refractivity contribution in [1.82, 2.24) is 0 Å². The third kappa shape index (κ3) is 17.0. The zero-order valence-corrected chi connectivity index (χ0v) is 18.1. The molecule has 0 aliphatic rings. The van der Waals surface area contributed by atoms with Crippen molar-refractivity contribution in [3.05, 3.63) is 35.9 Å². The number of unbranched alkanes of at least 4 members (excludes halogenated alkanes) is 13. The van der Waals surface area contributed by atoms with Crippen LogP contribution in [0.5, 0.6) is 0 Å². The Balaban J connectivity index is 0.00000729. The number of benzene rings is 1. The maximum atomic E-state index is 11.9. The summed E-state index contributed by atoms with van der Waals surface area (Å²) in [6.07, 6.45) is 18.1. The summed E-state index contributed by atoms with van der Waals surface area (Å²) in [6.45, 7) is 2.58. The van der Waals surface area contributed by atoms with Gasteiger partial charge >= 0.3 is 29.6 Å². The van der Waals surface area contributed by atoms with Gasteiger partial charge in [-0.05, 0) is 12.0 Å². The van der Waals surface area contributed by atoms with E-state index in [0.29, 0.717) is 6.61 Å². The van der Waals surface area contributed by atoms with Gasteiger partial charge in [0.2, 0.25) is 0 Å². The summed E-state index contributed by atoms with van der Waals surface area (Å²) in [5, 5.41) is 0. The molecule has 0 N–H and O–H groups in total. The molecular formula is C23H41NaO3S. The third-order valence-corrected chi connectivity index (χ3v) is 6.16. The Morgan fingerprint density at radius 2 is 1.11 bits per heavy atom. The van der Waals surface area contributed by atoms with Crippen LogP contribution in [0.15, 0.2) is 30.3 Å². The van der Waals surface area contributed by atoms with Crippen LogP contribution in [-0.2, 0) is 20.1 Å². The number of rotatable bonds is 18. The van der Waals surface area contributed by atoms with Crippen LogP contribution in [0, 0.1) is 0 Å². The fourth-order valence-electron chi connectivity index (χ4n) is 3.30. The average Bonchev–Trinajstić information content (AvgIpc) is 2.65. The first-order chi connectivity index (χ1) is 13.1. The van der Waals surface area contributed by atoms with Crippen LogP contribution >= 0.6 is 0 Å². The molecule has 0 saturated heterocycles. The van der Waals surface area contributed by atoms with Crippen LogP contribution in [0.1, 0.15) is 102 Å². The van der Waals surface area contributed by atoms with Crippen LogP contribution in [0.2, 0.25) is 0 Å². The van der Waals surface area contributed by atoms with Gasteiger partial charge in [0.15, 0.2) is 0 Å². The molecule has 1 rings (SSSR count). The average molecular weight is 421 g/mol. The van der Waals surface area contributed by atoms with Crippen molar-refractivity contribution in [3.8, 4) is 0 Å². The minimum atomic E-state index is -3.45. The molecule has 0 spiro atoms. The van der Waals surface area contributed by atoms with Crippen molar-refractivity contribution in [2.45, 2.75) is 103 Å². The standard InChI is InChI=1S/C23H40O3S.Na.H/c1-2-3-4-5-6-7-8-9-10-11-12-13-14-18-21-26-27(24,25)22-23-19-16-15-17-20-23;;/h15-17,19-20H,2-14,18,21-22H2,1H3;;. The van der Waals surface area contributed by atoms with Crippen LogP contribution in [0.25, 0.3) is 0 Å². The summed E-state index contributed by atoms with van der Waals surface area (Å²) in [5.74, 6) is -0.0353. The van der Waals surface area contributed by atoms with E-state index < -0.39 is 10.1 Å².